The molecule has 0 radical (unpaired) electrons. The highest BCUT2D eigenvalue weighted by Crippen LogP contribution is 2.27. The predicted molar refractivity (Wildman–Crippen MR) is 103 cm³/mol. The van der Waals surface area contributed by atoms with Gasteiger partial charge in [-0.1, -0.05) is 61.0 Å². The third-order valence-electron chi connectivity index (χ3n) is 4.17. The number of unbranched alkanes of at least 4 members (excludes halogenated alkanes) is 1. The number of anilines is 1. The van der Waals surface area contributed by atoms with E-state index in [0.29, 0.717) is 17.9 Å². The zero-order chi connectivity index (χ0) is 19.2. The molecule has 3 rings (SSSR count). The van der Waals surface area contributed by atoms with E-state index >= 15 is 0 Å². The molecule has 0 spiro atoms. The lowest BCUT2D eigenvalue weighted by Gasteiger charge is -2.23. The van der Waals surface area contributed by atoms with Crippen LogP contribution >= 0.6 is 0 Å². The van der Waals surface area contributed by atoms with Crippen LogP contribution < -0.4 is 16.6 Å². The SMILES string of the molecule is CCCC/C(=C(/N)c1nc(-c2ccccc2)no1)N(N)c1ccccc1F. The number of hydrogen-bond acceptors (Lipinski definition) is 6. The quantitative estimate of drug-likeness (QED) is 0.483. The van der Waals surface area contributed by atoms with Crippen molar-refractivity contribution in [2.24, 2.45) is 11.6 Å². The normalized spacial score (nSPS) is 12.0. The molecule has 7 heteroatoms. The van der Waals surface area contributed by atoms with Crippen molar-refractivity contribution in [2.75, 3.05) is 5.01 Å². The van der Waals surface area contributed by atoms with Crippen LogP contribution in [0.25, 0.3) is 17.1 Å². The highest BCUT2D eigenvalue weighted by Gasteiger charge is 2.20. The zero-order valence-corrected chi connectivity index (χ0v) is 15.1. The third-order valence-corrected chi connectivity index (χ3v) is 4.17. The number of rotatable bonds is 7. The van der Waals surface area contributed by atoms with Crippen molar-refractivity contribution in [1.82, 2.24) is 10.1 Å². The number of hydrazine groups is 1. The summed E-state index contributed by atoms with van der Waals surface area (Å²) in [6.07, 6.45) is 2.31. The second-order valence-corrected chi connectivity index (χ2v) is 6.07. The molecule has 0 saturated carbocycles. The van der Waals surface area contributed by atoms with E-state index < -0.39 is 5.82 Å². The second-order valence-electron chi connectivity index (χ2n) is 6.07. The lowest BCUT2D eigenvalue weighted by atomic mass is 10.1. The molecule has 0 saturated heterocycles. The van der Waals surface area contributed by atoms with Crippen LogP contribution in [0.1, 0.15) is 32.1 Å². The van der Waals surface area contributed by atoms with Gasteiger partial charge in [-0.25, -0.2) is 10.2 Å². The predicted octanol–water partition coefficient (Wildman–Crippen LogP) is 4.07. The molecule has 0 aliphatic carbocycles. The van der Waals surface area contributed by atoms with E-state index in [2.05, 4.69) is 17.1 Å². The van der Waals surface area contributed by atoms with Gasteiger partial charge in [0, 0.05) is 5.56 Å². The molecule has 0 fully saturated rings. The van der Waals surface area contributed by atoms with Crippen LogP contribution in [0.15, 0.2) is 64.8 Å². The van der Waals surface area contributed by atoms with E-state index in [9.17, 15) is 4.39 Å². The first-order valence-corrected chi connectivity index (χ1v) is 8.79. The minimum atomic E-state index is -0.433. The van der Waals surface area contributed by atoms with Gasteiger partial charge in [-0.05, 0) is 25.0 Å². The Morgan fingerprint density at radius 2 is 1.81 bits per heavy atom. The summed E-state index contributed by atoms with van der Waals surface area (Å²) in [4.78, 5) is 4.37. The number of nitrogens with two attached hydrogens (primary N) is 2. The van der Waals surface area contributed by atoms with Crippen molar-refractivity contribution in [1.29, 1.82) is 0 Å². The van der Waals surface area contributed by atoms with E-state index in [4.69, 9.17) is 16.1 Å². The highest BCUT2D eigenvalue weighted by molar-refractivity contribution is 5.67. The molecule has 6 nitrogen and oxygen atoms in total. The summed E-state index contributed by atoms with van der Waals surface area (Å²) in [5.74, 6) is 6.36. The number of aromatic nitrogens is 2. The number of benzene rings is 2. The van der Waals surface area contributed by atoms with Crippen molar-refractivity contribution < 1.29 is 8.91 Å². The van der Waals surface area contributed by atoms with Crippen LogP contribution in [0.2, 0.25) is 0 Å². The smallest absolute Gasteiger partial charge is 0.275 e. The van der Waals surface area contributed by atoms with Gasteiger partial charge in [0.15, 0.2) is 0 Å². The molecule has 1 heterocycles. The first kappa shape index (κ1) is 18.6. The molecule has 0 bridgehead atoms. The number of para-hydroxylation sites is 1. The molecule has 0 unspecified atom stereocenters. The lowest BCUT2D eigenvalue weighted by molar-refractivity contribution is 0.407. The molecule has 0 amide bonds. The Bertz CT molecular complexity index is 923. The number of allylic oxidation sites excluding steroid dienone is 1. The van der Waals surface area contributed by atoms with Crippen LogP contribution in [0.4, 0.5) is 10.1 Å². The maximum absolute atomic E-state index is 14.2. The average molecular weight is 367 g/mol. The molecule has 0 atom stereocenters. The Kier molecular flexibility index (Phi) is 5.83. The van der Waals surface area contributed by atoms with Crippen molar-refractivity contribution in [2.45, 2.75) is 26.2 Å². The minimum Gasteiger partial charge on any atom is -0.393 e. The van der Waals surface area contributed by atoms with Gasteiger partial charge in [-0.15, -0.1) is 0 Å². The monoisotopic (exact) mass is 367 g/mol. The summed E-state index contributed by atoms with van der Waals surface area (Å²) >= 11 is 0. The number of nitrogens with zero attached hydrogens (tertiary/aromatic N) is 3. The molecular formula is C20H22FN5O. The fourth-order valence-electron chi connectivity index (χ4n) is 2.68. The Hall–Kier alpha value is -3.19. The van der Waals surface area contributed by atoms with E-state index in [1.165, 1.54) is 11.1 Å². The average Bonchev–Trinajstić information content (AvgIpc) is 3.19. The zero-order valence-electron chi connectivity index (χ0n) is 15.1. The highest BCUT2D eigenvalue weighted by atomic mass is 19.1. The summed E-state index contributed by atoms with van der Waals surface area (Å²) in [6, 6.07) is 15.7. The van der Waals surface area contributed by atoms with E-state index in [0.717, 1.165) is 18.4 Å². The van der Waals surface area contributed by atoms with Crippen LogP contribution in [0.5, 0.6) is 0 Å². The van der Waals surface area contributed by atoms with Gasteiger partial charge in [0.05, 0.1) is 11.4 Å². The van der Waals surface area contributed by atoms with Crippen molar-refractivity contribution >= 4 is 11.4 Å². The summed E-state index contributed by atoms with van der Waals surface area (Å²) in [5.41, 5.74) is 8.12. The Balaban J connectivity index is 1.99. The molecule has 4 N–H and O–H groups in total. The van der Waals surface area contributed by atoms with Gasteiger partial charge in [-0.3, -0.25) is 5.01 Å². The summed E-state index contributed by atoms with van der Waals surface area (Å²) in [7, 11) is 0. The van der Waals surface area contributed by atoms with Crippen molar-refractivity contribution in [3.63, 3.8) is 0 Å². The molecule has 3 aromatic rings. The van der Waals surface area contributed by atoms with Gasteiger partial charge in [-0.2, -0.15) is 4.98 Å². The first-order valence-electron chi connectivity index (χ1n) is 8.79. The van der Waals surface area contributed by atoms with Gasteiger partial charge in [0.25, 0.3) is 5.89 Å². The summed E-state index contributed by atoms with van der Waals surface area (Å²) in [6.45, 7) is 2.05. The van der Waals surface area contributed by atoms with Gasteiger partial charge in [0.1, 0.15) is 11.5 Å². The first-order chi connectivity index (χ1) is 13.1. The van der Waals surface area contributed by atoms with E-state index in [1.54, 1.807) is 18.2 Å². The molecule has 0 aliphatic heterocycles. The largest absolute Gasteiger partial charge is 0.393 e. The Labute approximate surface area is 157 Å². The number of hydrogen-bond donors (Lipinski definition) is 2. The minimum absolute atomic E-state index is 0.159. The van der Waals surface area contributed by atoms with Crippen LogP contribution in [-0.2, 0) is 0 Å². The van der Waals surface area contributed by atoms with Gasteiger partial charge < -0.3 is 10.3 Å². The third kappa shape index (κ3) is 4.15. The summed E-state index contributed by atoms with van der Waals surface area (Å²) in [5, 5.41) is 5.24. The maximum atomic E-state index is 14.2. The molecule has 27 heavy (non-hydrogen) atoms. The number of halogens is 1. The maximum Gasteiger partial charge on any atom is 0.275 e. The fourth-order valence-corrected chi connectivity index (χ4v) is 2.68. The fraction of sp³-hybridized carbons (Fsp3) is 0.200. The lowest BCUT2D eigenvalue weighted by Crippen LogP contribution is -2.33. The van der Waals surface area contributed by atoms with E-state index in [1.807, 2.05) is 30.3 Å². The van der Waals surface area contributed by atoms with Gasteiger partial charge in [0.2, 0.25) is 5.82 Å². The molecule has 0 aliphatic rings. The van der Waals surface area contributed by atoms with E-state index in [-0.39, 0.29) is 17.3 Å². The molecular weight excluding hydrogens is 345 g/mol. The Morgan fingerprint density at radius 1 is 1.11 bits per heavy atom. The Morgan fingerprint density at radius 3 is 2.52 bits per heavy atom. The topological polar surface area (TPSA) is 94.2 Å². The molecule has 140 valence electrons. The second kappa shape index (κ2) is 8.46. The van der Waals surface area contributed by atoms with Crippen LogP contribution in [0, 0.1) is 5.82 Å². The van der Waals surface area contributed by atoms with Gasteiger partial charge >= 0.3 is 0 Å². The molecule has 1 aromatic heterocycles. The van der Waals surface area contributed by atoms with Crippen molar-refractivity contribution in [3.05, 3.63) is 72.0 Å². The van der Waals surface area contributed by atoms with Crippen molar-refractivity contribution in [3.8, 4) is 11.4 Å². The van der Waals surface area contributed by atoms with Crippen LogP contribution in [0.3, 0.4) is 0 Å². The standard InChI is InChI=1S/C20H22FN5O/c1-2-3-12-17(26(23)16-13-8-7-11-15(16)21)18(22)20-24-19(25-27-20)14-9-5-4-6-10-14/h4-11,13H,2-3,12,22-23H2,1H3/b18-17-. The molecule has 2 aromatic carbocycles. The van der Waals surface area contributed by atoms with Crippen LogP contribution in [-0.4, -0.2) is 10.1 Å². The summed E-state index contributed by atoms with van der Waals surface area (Å²) < 4.78 is 19.5.